The highest BCUT2D eigenvalue weighted by Crippen LogP contribution is 2.40. The van der Waals surface area contributed by atoms with Gasteiger partial charge in [0, 0.05) is 12.1 Å². The van der Waals surface area contributed by atoms with Crippen LogP contribution in [0.15, 0.2) is 54.1 Å². The molecule has 31 heavy (non-hydrogen) atoms. The predicted octanol–water partition coefficient (Wildman–Crippen LogP) is 4.70. The van der Waals surface area contributed by atoms with Crippen molar-refractivity contribution in [1.29, 1.82) is 0 Å². The number of aliphatic hydroxyl groups is 1. The highest BCUT2D eigenvalue weighted by atomic mass is 16.5. The van der Waals surface area contributed by atoms with E-state index >= 15 is 0 Å². The predicted molar refractivity (Wildman–Crippen MR) is 119 cm³/mol. The normalized spacial score (nSPS) is 18.0. The summed E-state index contributed by atoms with van der Waals surface area (Å²) in [4.78, 5) is 27.3. The first-order valence-corrected chi connectivity index (χ1v) is 10.7. The van der Waals surface area contributed by atoms with Crippen molar-refractivity contribution in [2.24, 2.45) is 0 Å². The van der Waals surface area contributed by atoms with Crippen LogP contribution in [0.2, 0.25) is 0 Å². The highest BCUT2D eigenvalue weighted by molar-refractivity contribution is 6.46. The van der Waals surface area contributed by atoms with E-state index in [4.69, 9.17) is 9.47 Å². The number of likely N-dealkylation sites (tertiary alicyclic amines) is 1. The van der Waals surface area contributed by atoms with E-state index in [1.54, 1.807) is 24.3 Å². The highest BCUT2D eigenvalue weighted by Gasteiger charge is 2.45. The molecule has 2 aromatic rings. The van der Waals surface area contributed by atoms with Crippen LogP contribution in [0.5, 0.6) is 11.5 Å². The standard InChI is InChI=1S/C25H29NO5/c1-5-13-26-22(17-9-7-12-20(14-17)31-16(3)4)21(24(28)25(26)29)23(27)18-10-8-11-19(15-18)30-6-2/h7-12,14-16,22,27H,5-6,13H2,1-4H3/b23-21-. The summed E-state index contributed by atoms with van der Waals surface area (Å²) in [5, 5.41) is 11.1. The van der Waals surface area contributed by atoms with Crippen molar-refractivity contribution >= 4 is 17.4 Å². The Morgan fingerprint density at radius 1 is 1.06 bits per heavy atom. The first kappa shape index (κ1) is 22.4. The monoisotopic (exact) mass is 423 g/mol. The molecular formula is C25H29NO5. The Kier molecular flexibility index (Phi) is 7.00. The molecule has 6 heteroatoms. The van der Waals surface area contributed by atoms with Gasteiger partial charge in [-0.3, -0.25) is 9.59 Å². The molecule has 1 N–H and O–H groups in total. The second kappa shape index (κ2) is 9.69. The van der Waals surface area contributed by atoms with E-state index in [1.807, 2.05) is 52.0 Å². The van der Waals surface area contributed by atoms with Crippen LogP contribution in [0.1, 0.15) is 51.3 Å². The molecule has 1 fully saturated rings. The Balaban J connectivity index is 2.14. The fourth-order valence-corrected chi connectivity index (χ4v) is 3.78. The van der Waals surface area contributed by atoms with Gasteiger partial charge in [0.15, 0.2) is 0 Å². The lowest BCUT2D eigenvalue weighted by atomic mass is 9.95. The minimum atomic E-state index is -0.689. The molecule has 1 saturated heterocycles. The van der Waals surface area contributed by atoms with Crippen molar-refractivity contribution in [2.75, 3.05) is 13.2 Å². The quantitative estimate of drug-likeness (QED) is 0.378. The fourth-order valence-electron chi connectivity index (χ4n) is 3.78. The maximum Gasteiger partial charge on any atom is 0.295 e. The summed E-state index contributed by atoms with van der Waals surface area (Å²) in [5.41, 5.74) is 1.22. The third-order valence-electron chi connectivity index (χ3n) is 4.97. The third kappa shape index (κ3) is 4.74. The van der Waals surface area contributed by atoms with Gasteiger partial charge in [0.2, 0.25) is 0 Å². The summed E-state index contributed by atoms with van der Waals surface area (Å²) >= 11 is 0. The van der Waals surface area contributed by atoms with Crippen molar-refractivity contribution in [3.8, 4) is 11.5 Å². The number of benzene rings is 2. The molecule has 1 atom stereocenters. The van der Waals surface area contributed by atoms with Crippen LogP contribution in [0.3, 0.4) is 0 Å². The van der Waals surface area contributed by atoms with Crippen LogP contribution in [-0.2, 0) is 9.59 Å². The Morgan fingerprint density at radius 3 is 2.45 bits per heavy atom. The van der Waals surface area contributed by atoms with E-state index in [0.29, 0.717) is 42.2 Å². The summed E-state index contributed by atoms with van der Waals surface area (Å²) in [6.07, 6.45) is 0.671. The van der Waals surface area contributed by atoms with E-state index in [1.165, 1.54) is 4.90 Å². The maximum atomic E-state index is 13.0. The van der Waals surface area contributed by atoms with E-state index in [0.717, 1.165) is 0 Å². The Morgan fingerprint density at radius 2 is 1.77 bits per heavy atom. The number of carbonyl (C=O) groups is 2. The van der Waals surface area contributed by atoms with Crippen molar-refractivity contribution in [3.63, 3.8) is 0 Å². The Bertz CT molecular complexity index is 995. The van der Waals surface area contributed by atoms with Crippen LogP contribution >= 0.6 is 0 Å². The summed E-state index contributed by atoms with van der Waals surface area (Å²) in [6, 6.07) is 13.5. The van der Waals surface area contributed by atoms with Crippen LogP contribution in [0.4, 0.5) is 0 Å². The Hall–Kier alpha value is -3.28. The van der Waals surface area contributed by atoms with E-state index in [2.05, 4.69) is 0 Å². The molecule has 0 aliphatic carbocycles. The van der Waals surface area contributed by atoms with Crippen molar-refractivity contribution in [3.05, 3.63) is 65.2 Å². The van der Waals surface area contributed by atoms with Gasteiger partial charge >= 0.3 is 0 Å². The van der Waals surface area contributed by atoms with E-state index in [9.17, 15) is 14.7 Å². The van der Waals surface area contributed by atoms with Gasteiger partial charge in [-0.2, -0.15) is 0 Å². The number of rotatable bonds is 8. The summed E-state index contributed by atoms with van der Waals surface area (Å²) < 4.78 is 11.3. The number of hydrogen-bond donors (Lipinski definition) is 1. The zero-order chi connectivity index (χ0) is 22.5. The molecule has 0 radical (unpaired) electrons. The Labute approximate surface area is 183 Å². The third-order valence-corrected chi connectivity index (χ3v) is 4.97. The van der Waals surface area contributed by atoms with Gasteiger partial charge in [0.05, 0.1) is 24.3 Å². The number of aliphatic hydroxyl groups excluding tert-OH is 1. The van der Waals surface area contributed by atoms with Gasteiger partial charge < -0.3 is 19.5 Å². The number of Topliss-reactive ketones (excluding diaryl/α,β-unsaturated/α-hetero) is 1. The molecule has 1 amide bonds. The van der Waals surface area contributed by atoms with Crippen molar-refractivity contribution in [1.82, 2.24) is 4.90 Å². The number of nitrogens with zero attached hydrogens (tertiary/aromatic N) is 1. The molecule has 1 heterocycles. The lowest BCUT2D eigenvalue weighted by molar-refractivity contribution is -0.139. The van der Waals surface area contributed by atoms with Crippen LogP contribution in [0, 0.1) is 0 Å². The molecule has 3 rings (SSSR count). The maximum absolute atomic E-state index is 13.0. The van der Waals surface area contributed by atoms with Gasteiger partial charge in [-0.25, -0.2) is 0 Å². The molecule has 0 spiro atoms. The molecule has 1 aliphatic heterocycles. The average Bonchev–Trinajstić information content (AvgIpc) is 2.99. The minimum Gasteiger partial charge on any atom is -0.507 e. The first-order chi connectivity index (χ1) is 14.9. The van der Waals surface area contributed by atoms with E-state index in [-0.39, 0.29) is 17.4 Å². The lowest BCUT2D eigenvalue weighted by Crippen LogP contribution is -2.30. The SMILES string of the molecule is CCCN1C(=O)C(=O)/C(=C(\O)c2cccc(OCC)c2)C1c1cccc(OC(C)C)c1. The van der Waals surface area contributed by atoms with Crippen LogP contribution < -0.4 is 9.47 Å². The smallest absolute Gasteiger partial charge is 0.295 e. The largest absolute Gasteiger partial charge is 0.507 e. The molecular weight excluding hydrogens is 394 g/mol. The molecule has 164 valence electrons. The number of ether oxygens (including phenoxy) is 2. The summed E-state index contributed by atoms with van der Waals surface area (Å²) in [7, 11) is 0. The molecule has 0 bridgehead atoms. The van der Waals surface area contributed by atoms with Gasteiger partial charge in [-0.15, -0.1) is 0 Å². The lowest BCUT2D eigenvalue weighted by Gasteiger charge is -2.25. The fraction of sp³-hybridized carbons (Fsp3) is 0.360. The van der Waals surface area contributed by atoms with Gasteiger partial charge in [0.1, 0.15) is 17.3 Å². The molecule has 0 aromatic heterocycles. The molecule has 1 aliphatic rings. The second-order valence-corrected chi connectivity index (χ2v) is 7.69. The van der Waals surface area contributed by atoms with Crippen molar-refractivity contribution in [2.45, 2.75) is 46.3 Å². The average molecular weight is 424 g/mol. The zero-order valence-corrected chi connectivity index (χ0v) is 18.4. The summed E-state index contributed by atoms with van der Waals surface area (Å²) in [6.45, 7) is 8.56. The van der Waals surface area contributed by atoms with E-state index < -0.39 is 17.7 Å². The second-order valence-electron chi connectivity index (χ2n) is 7.69. The van der Waals surface area contributed by atoms with Crippen LogP contribution in [-0.4, -0.2) is 41.0 Å². The number of hydrogen-bond acceptors (Lipinski definition) is 5. The topological polar surface area (TPSA) is 76.1 Å². The molecule has 0 saturated carbocycles. The van der Waals surface area contributed by atoms with Crippen molar-refractivity contribution < 1.29 is 24.2 Å². The number of ketones is 1. The molecule has 6 nitrogen and oxygen atoms in total. The minimum absolute atomic E-state index is 0.0152. The van der Waals surface area contributed by atoms with Gasteiger partial charge in [0.25, 0.3) is 11.7 Å². The number of carbonyl (C=O) groups excluding carboxylic acids is 2. The molecule has 1 unspecified atom stereocenters. The van der Waals surface area contributed by atoms with Gasteiger partial charge in [-0.05, 0) is 57.0 Å². The zero-order valence-electron chi connectivity index (χ0n) is 18.4. The molecule has 2 aromatic carbocycles. The summed E-state index contributed by atoms with van der Waals surface area (Å²) in [5.74, 6) is -0.276. The van der Waals surface area contributed by atoms with Crippen LogP contribution in [0.25, 0.3) is 5.76 Å². The first-order valence-electron chi connectivity index (χ1n) is 10.7. The number of amides is 1. The van der Waals surface area contributed by atoms with Gasteiger partial charge in [-0.1, -0.05) is 31.2 Å².